The molecule has 2 aromatic carbocycles. The highest BCUT2D eigenvalue weighted by molar-refractivity contribution is 6.08. The Bertz CT molecular complexity index is 1170. The Labute approximate surface area is 157 Å². The van der Waals surface area contributed by atoms with Gasteiger partial charge in [0.1, 0.15) is 5.69 Å². The van der Waals surface area contributed by atoms with Gasteiger partial charge in [0, 0.05) is 30.4 Å². The molecule has 1 amide bonds. The number of H-pyrrole nitrogens is 1. The van der Waals surface area contributed by atoms with E-state index in [0.29, 0.717) is 11.4 Å². The van der Waals surface area contributed by atoms with Crippen LogP contribution in [-0.4, -0.2) is 20.7 Å². The first-order valence-electron chi connectivity index (χ1n) is 8.42. The molecule has 0 aliphatic rings. The lowest BCUT2D eigenvalue weighted by Crippen LogP contribution is -2.18. The summed E-state index contributed by atoms with van der Waals surface area (Å²) in [5, 5.41) is 7.93. The van der Waals surface area contributed by atoms with E-state index in [1.54, 1.807) is 19.4 Å². The lowest BCUT2D eigenvalue weighted by atomic mass is 10.1. The first kappa shape index (κ1) is 17.8. The second-order valence-electron chi connectivity index (χ2n) is 6.31. The van der Waals surface area contributed by atoms with Crippen molar-refractivity contribution in [2.45, 2.75) is 6.18 Å². The summed E-state index contributed by atoms with van der Waals surface area (Å²) in [7, 11) is 1.68. The lowest BCUT2D eigenvalue weighted by molar-refractivity contribution is -0.137. The Kier molecular flexibility index (Phi) is 4.18. The molecule has 8 heteroatoms. The van der Waals surface area contributed by atoms with Crippen molar-refractivity contribution < 1.29 is 18.0 Å². The number of aromatic nitrogens is 3. The zero-order chi connectivity index (χ0) is 19.9. The van der Waals surface area contributed by atoms with Gasteiger partial charge in [0.05, 0.1) is 22.3 Å². The predicted octanol–water partition coefficient (Wildman–Crippen LogP) is 4.84. The van der Waals surface area contributed by atoms with E-state index >= 15 is 0 Å². The fourth-order valence-electron chi connectivity index (χ4n) is 3.18. The van der Waals surface area contributed by atoms with Crippen molar-refractivity contribution >= 4 is 22.5 Å². The van der Waals surface area contributed by atoms with E-state index in [-0.39, 0.29) is 0 Å². The van der Waals surface area contributed by atoms with Crippen molar-refractivity contribution in [1.29, 1.82) is 0 Å². The number of nitrogens with one attached hydrogen (secondary N) is 2. The van der Waals surface area contributed by atoms with Gasteiger partial charge in [0.2, 0.25) is 0 Å². The maximum atomic E-state index is 13.2. The van der Waals surface area contributed by atoms with Gasteiger partial charge in [-0.2, -0.15) is 18.3 Å². The van der Waals surface area contributed by atoms with Crippen LogP contribution in [0.5, 0.6) is 0 Å². The van der Waals surface area contributed by atoms with Crippen molar-refractivity contribution in [3.8, 4) is 11.3 Å². The zero-order valence-corrected chi connectivity index (χ0v) is 14.7. The Balaban J connectivity index is 1.75. The summed E-state index contributed by atoms with van der Waals surface area (Å²) in [6.45, 7) is 0. The fourth-order valence-corrected chi connectivity index (χ4v) is 3.18. The van der Waals surface area contributed by atoms with Crippen LogP contribution in [0.4, 0.5) is 18.9 Å². The van der Waals surface area contributed by atoms with Crippen LogP contribution in [0, 0.1) is 0 Å². The molecule has 0 radical (unpaired) electrons. The maximum Gasteiger partial charge on any atom is 0.417 e. The third-order valence-corrected chi connectivity index (χ3v) is 4.40. The molecule has 142 valence electrons. The number of carbonyl (C=O) groups excluding carboxylic acids is 1. The average molecular weight is 384 g/mol. The van der Waals surface area contributed by atoms with Gasteiger partial charge in [-0.1, -0.05) is 30.3 Å². The molecule has 0 fully saturated rings. The maximum absolute atomic E-state index is 13.2. The van der Waals surface area contributed by atoms with Crippen molar-refractivity contribution in [2.24, 2.45) is 7.05 Å². The highest BCUT2D eigenvalue weighted by Gasteiger charge is 2.35. The third-order valence-electron chi connectivity index (χ3n) is 4.40. The van der Waals surface area contributed by atoms with Crippen molar-refractivity contribution in [1.82, 2.24) is 14.8 Å². The van der Waals surface area contributed by atoms with Gasteiger partial charge in [-0.3, -0.25) is 9.48 Å². The lowest BCUT2D eigenvalue weighted by Gasteiger charge is -2.12. The molecule has 28 heavy (non-hydrogen) atoms. The van der Waals surface area contributed by atoms with E-state index < -0.39 is 23.2 Å². The summed E-state index contributed by atoms with van der Waals surface area (Å²) in [4.78, 5) is 15.8. The van der Waals surface area contributed by atoms with Crippen LogP contribution >= 0.6 is 0 Å². The van der Waals surface area contributed by atoms with Gasteiger partial charge in [0.25, 0.3) is 5.91 Å². The predicted molar refractivity (Wildman–Crippen MR) is 99.9 cm³/mol. The van der Waals surface area contributed by atoms with Crippen LogP contribution in [0.15, 0.2) is 60.9 Å². The summed E-state index contributed by atoms with van der Waals surface area (Å²) in [6.07, 6.45) is -1.28. The second kappa shape index (κ2) is 6.56. The number of para-hydroxylation sites is 1. The molecule has 0 spiro atoms. The summed E-state index contributed by atoms with van der Waals surface area (Å²) in [5.41, 5.74) is 0.933. The molecular formula is C20H15F3N4O. The van der Waals surface area contributed by atoms with Gasteiger partial charge in [-0.05, 0) is 18.2 Å². The molecule has 0 aliphatic heterocycles. The number of alkyl halides is 3. The van der Waals surface area contributed by atoms with E-state index in [2.05, 4.69) is 15.4 Å². The summed E-state index contributed by atoms with van der Waals surface area (Å²) in [5.74, 6) is -0.846. The van der Waals surface area contributed by atoms with Crippen LogP contribution in [0.1, 0.15) is 15.9 Å². The highest BCUT2D eigenvalue weighted by atomic mass is 19.4. The standard InChI is InChI=1S/C20H15F3N4O/c1-27-11-16(18(26-27)14-7-4-5-12-9-10-24-17(12)14)25-19(28)13-6-2-3-8-15(13)20(21,22)23/h2-11,24H,1H3,(H,25,28). The molecule has 0 unspecified atom stereocenters. The minimum absolute atomic E-state index is 0.326. The number of rotatable bonds is 3. The highest BCUT2D eigenvalue weighted by Crippen LogP contribution is 2.34. The van der Waals surface area contributed by atoms with Gasteiger partial charge in [-0.15, -0.1) is 0 Å². The molecule has 2 N–H and O–H groups in total. The largest absolute Gasteiger partial charge is 0.417 e. The van der Waals surface area contributed by atoms with Crippen molar-refractivity contribution in [3.05, 3.63) is 72.1 Å². The van der Waals surface area contributed by atoms with Crippen molar-refractivity contribution in [3.63, 3.8) is 0 Å². The Morgan fingerprint density at radius 3 is 2.68 bits per heavy atom. The van der Waals surface area contributed by atoms with E-state index in [0.717, 1.165) is 28.6 Å². The Morgan fingerprint density at radius 1 is 1.11 bits per heavy atom. The number of aromatic amines is 1. The number of benzene rings is 2. The molecule has 2 aromatic heterocycles. The third kappa shape index (κ3) is 3.13. The van der Waals surface area contributed by atoms with Gasteiger partial charge in [0.15, 0.2) is 0 Å². The molecule has 0 aliphatic carbocycles. The Morgan fingerprint density at radius 2 is 1.89 bits per heavy atom. The number of hydrogen-bond donors (Lipinski definition) is 2. The molecule has 4 rings (SSSR count). The second-order valence-corrected chi connectivity index (χ2v) is 6.31. The topological polar surface area (TPSA) is 62.7 Å². The number of hydrogen-bond acceptors (Lipinski definition) is 2. The number of aryl methyl sites for hydroxylation is 1. The molecule has 0 saturated carbocycles. The normalized spacial score (nSPS) is 11.7. The monoisotopic (exact) mass is 384 g/mol. The first-order chi connectivity index (χ1) is 13.3. The molecule has 4 aromatic rings. The van der Waals surface area contributed by atoms with Crippen LogP contribution in [0.25, 0.3) is 22.2 Å². The summed E-state index contributed by atoms with van der Waals surface area (Å²) >= 11 is 0. The fraction of sp³-hybridized carbons (Fsp3) is 0.100. The van der Waals surface area contributed by atoms with Crippen LogP contribution in [0.3, 0.4) is 0 Å². The zero-order valence-electron chi connectivity index (χ0n) is 14.7. The van der Waals surface area contributed by atoms with Gasteiger partial charge in [-0.25, -0.2) is 0 Å². The SMILES string of the molecule is Cn1cc(NC(=O)c2ccccc2C(F)(F)F)c(-c2cccc3cc[nH]c23)n1. The smallest absolute Gasteiger partial charge is 0.361 e. The minimum Gasteiger partial charge on any atom is -0.361 e. The average Bonchev–Trinajstić information content (AvgIpc) is 3.27. The number of fused-ring (bicyclic) bond motifs is 1. The Hall–Kier alpha value is -3.55. The van der Waals surface area contributed by atoms with E-state index in [9.17, 15) is 18.0 Å². The number of halogens is 3. The van der Waals surface area contributed by atoms with Crippen LogP contribution < -0.4 is 5.32 Å². The molecule has 2 heterocycles. The summed E-state index contributed by atoms with van der Waals surface area (Å²) in [6, 6.07) is 12.2. The van der Waals surface area contributed by atoms with Gasteiger partial charge >= 0.3 is 6.18 Å². The van der Waals surface area contributed by atoms with E-state index in [4.69, 9.17) is 0 Å². The first-order valence-corrected chi connectivity index (χ1v) is 8.42. The van der Waals surface area contributed by atoms with Crippen LogP contribution in [0.2, 0.25) is 0 Å². The summed E-state index contributed by atoms with van der Waals surface area (Å²) < 4.78 is 41.2. The molecule has 0 bridgehead atoms. The molecule has 5 nitrogen and oxygen atoms in total. The molecular weight excluding hydrogens is 369 g/mol. The van der Waals surface area contributed by atoms with Gasteiger partial charge < -0.3 is 10.3 Å². The number of amides is 1. The number of nitrogens with zero attached hydrogens (tertiary/aromatic N) is 2. The minimum atomic E-state index is -4.62. The number of anilines is 1. The van der Waals surface area contributed by atoms with E-state index in [1.165, 1.54) is 16.8 Å². The molecule has 0 saturated heterocycles. The quantitative estimate of drug-likeness (QED) is 0.531. The molecule has 0 atom stereocenters. The van der Waals surface area contributed by atoms with Crippen molar-refractivity contribution in [2.75, 3.05) is 5.32 Å². The van der Waals surface area contributed by atoms with Crippen LogP contribution in [-0.2, 0) is 13.2 Å². The number of carbonyl (C=O) groups is 1. The van der Waals surface area contributed by atoms with E-state index in [1.807, 2.05) is 24.3 Å².